The lowest BCUT2D eigenvalue weighted by molar-refractivity contribution is 0.244. The molecule has 0 spiro atoms. The fraction of sp³-hybridized carbons (Fsp3) is 0.167. The lowest BCUT2D eigenvalue weighted by Gasteiger charge is -2.05. The first kappa shape index (κ1) is 16.1. The molecule has 114 valence electrons. The number of aryl methyl sites for hydroxylation is 1. The molecule has 2 aromatic rings. The van der Waals surface area contributed by atoms with Crippen molar-refractivity contribution in [3.8, 4) is 0 Å². The fourth-order valence-corrected chi connectivity index (χ4v) is 2.17. The highest BCUT2D eigenvalue weighted by atomic mass is 35.5. The van der Waals surface area contributed by atoms with Crippen molar-refractivity contribution in [2.24, 2.45) is 0 Å². The van der Waals surface area contributed by atoms with E-state index in [-0.39, 0.29) is 6.03 Å². The van der Waals surface area contributed by atoms with Crippen LogP contribution in [0.15, 0.2) is 54.7 Å². The van der Waals surface area contributed by atoms with E-state index in [2.05, 4.69) is 10.6 Å². The van der Waals surface area contributed by atoms with Gasteiger partial charge in [-0.25, -0.2) is 4.79 Å². The molecule has 0 radical (unpaired) electrons. The van der Waals surface area contributed by atoms with Crippen molar-refractivity contribution in [3.63, 3.8) is 0 Å². The first-order valence-corrected chi connectivity index (χ1v) is 7.53. The molecule has 2 aromatic carbocycles. The van der Waals surface area contributed by atoms with Crippen LogP contribution in [0.1, 0.15) is 16.7 Å². The van der Waals surface area contributed by atoms with Crippen molar-refractivity contribution < 1.29 is 4.79 Å². The van der Waals surface area contributed by atoms with Gasteiger partial charge in [0.25, 0.3) is 0 Å². The zero-order chi connectivity index (χ0) is 15.8. The molecular weight excluding hydrogens is 296 g/mol. The fourth-order valence-electron chi connectivity index (χ4n) is 1.96. The number of halogens is 1. The van der Waals surface area contributed by atoms with Crippen LogP contribution in [0, 0.1) is 6.92 Å². The summed E-state index contributed by atoms with van der Waals surface area (Å²) >= 11 is 5.91. The van der Waals surface area contributed by atoms with Crippen LogP contribution in [0.4, 0.5) is 4.79 Å². The Kier molecular flexibility index (Phi) is 6.04. The van der Waals surface area contributed by atoms with Crippen LogP contribution in [-0.4, -0.2) is 12.6 Å². The lowest BCUT2D eigenvalue weighted by atomic mass is 10.1. The van der Waals surface area contributed by atoms with E-state index in [1.165, 1.54) is 5.56 Å². The standard InChI is InChI=1S/C18H19ClN2O/c1-14-5-7-15(8-6-14)9-11-20-18(22)21-12-10-16-3-2-4-17(19)13-16/h2-9,11,13H,10,12H2,1H3,(H2,20,21,22)/b11-9+. The zero-order valence-electron chi connectivity index (χ0n) is 12.5. The molecule has 0 aliphatic rings. The largest absolute Gasteiger partial charge is 0.338 e. The Morgan fingerprint density at radius 2 is 1.95 bits per heavy atom. The van der Waals surface area contributed by atoms with Crippen molar-refractivity contribution in [2.45, 2.75) is 13.3 Å². The molecule has 2 N–H and O–H groups in total. The first-order valence-electron chi connectivity index (χ1n) is 7.15. The van der Waals surface area contributed by atoms with Gasteiger partial charge in [-0.1, -0.05) is 53.6 Å². The minimum atomic E-state index is -0.217. The molecule has 2 rings (SSSR count). The molecule has 0 aliphatic heterocycles. The highest BCUT2D eigenvalue weighted by Crippen LogP contribution is 2.10. The molecule has 3 nitrogen and oxygen atoms in total. The molecule has 0 aliphatic carbocycles. The number of hydrogen-bond donors (Lipinski definition) is 2. The van der Waals surface area contributed by atoms with Gasteiger partial charge < -0.3 is 10.6 Å². The Morgan fingerprint density at radius 3 is 2.68 bits per heavy atom. The molecule has 22 heavy (non-hydrogen) atoms. The summed E-state index contributed by atoms with van der Waals surface area (Å²) in [5.41, 5.74) is 3.36. The highest BCUT2D eigenvalue weighted by molar-refractivity contribution is 6.30. The van der Waals surface area contributed by atoms with Crippen LogP contribution >= 0.6 is 11.6 Å². The maximum atomic E-state index is 11.6. The number of nitrogens with one attached hydrogen (secondary N) is 2. The lowest BCUT2D eigenvalue weighted by Crippen LogP contribution is -2.33. The van der Waals surface area contributed by atoms with Gasteiger partial charge >= 0.3 is 6.03 Å². The van der Waals surface area contributed by atoms with Gasteiger partial charge in [-0.2, -0.15) is 0 Å². The van der Waals surface area contributed by atoms with E-state index in [1.807, 2.05) is 61.5 Å². The molecule has 0 heterocycles. The van der Waals surface area contributed by atoms with Gasteiger partial charge in [0.15, 0.2) is 0 Å². The van der Waals surface area contributed by atoms with Crippen molar-refractivity contribution in [1.29, 1.82) is 0 Å². The van der Waals surface area contributed by atoms with Crippen molar-refractivity contribution in [3.05, 3.63) is 76.4 Å². The molecule has 0 bridgehead atoms. The number of benzene rings is 2. The van der Waals surface area contributed by atoms with Crippen LogP contribution in [0.25, 0.3) is 6.08 Å². The van der Waals surface area contributed by atoms with Crippen LogP contribution in [0.2, 0.25) is 5.02 Å². The van der Waals surface area contributed by atoms with Gasteiger partial charge in [-0.3, -0.25) is 0 Å². The summed E-state index contributed by atoms with van der Waals surface area (Å²) in [5, 5.41) is 6.20. The summed E-state index contributed by atoms with van der Waals surface area (Å²) in [5.74, 6) is 0. The molecule has 2 amide bonds. The second-order valence-electron chi connectivity index (χ2n) is 5.02. The second kappa shape index (κ2) is 8.25. The number of carbonyl (C=O) groups is 1. The highest BCUT2D eigenvalue weighted by Gasteiger charge is 1.98. The first-order chi connectivity index (χ1) is 10.6. The normalized spacial score (nSPS) is 10.6. The Morgan fingerprint density at radius 1 is 1.18 bits per heavy atom. The van der Waals surface area contributed by atoms with E-state index in [9.17, 15) is 4.79 Å². The predicted molar refractivity (Wildman–Crippen MR) is 91.9 cm³/mol. The van der Waals surface area contributed by atoms with Gasteiger partial charge in [0, 0.05) is 17.8 Å². The molecule has 0 unspecified atom stereocenters. The summed E-state index contributed by atoms with van der Waals surface area (Å²) in [7, 11) is 0. The third-order valence-corrected chi connectivity index (χ3v) is 3.39. The van der Waals surface area contributed by atoms with E-state index in [0.717, 1.165) is 17.5 Å². The minimum absolute atomic E-state index is 0.217. The summed E-state index contributed by atoms with van der Waals surface area (Å²) in [4.78, 5) is 11.6. The van der Waals surface area contributed by atoms with Gasteiger partial charge in [0.05, 0.1) is 0 Å². The molecule has 0 saturated carbocycles. The Hall–Kier alpha value is -2.26. The van der Waals surface area contributed by atoms with Crippen LogP contribution in [0.3, 0.4) is 0 Å². The Bertz CT molecular complexity index is 650. The van der Waals surface area contributed by atoms with E-state index >= 15 is 0 Å². The number of carbonyl (C=O) groups excluding carboxylic acids is 1. The number of urea groups is 1. The van der Waals surface area contributed by atoms with Crippen molar-refractivity contribution in [1.82, 2.24) is 10.6 Å². The third-order valence-electron chi connectivity index (χ3n) is 3.16. The summed E-state index contributed by atoms with van der Waals surface area (Å²) in [6, 6.07) is 15.5. The Labute approximate surface area is 136 Å². The van der Waals surface area contributed by atoms with Gasteiger partial charge in [-0.15, -0.1) is 0 Å². The SMILES string of the molecule is Cc1ccc(/C=C/NC(=O)NCCc2cccc(Cl)c2)cc1. The maximum Gasteiger partial charge on any atom is 0.318 e. The van der Waals surface area contributed by atoms with Gasteiger partial charge in [-0.05, 0) is 42.7 Å². The minimum Gasteiger partial charge on any atom is -0.338 e. The summed E-state index contributed by atoms with van der Waals surface area (Å²) in [6.45, 7) is 2.60. The van der Waals surface area contributed by atoms with Gasteiger partial charge in [0.2, 0.25) is 0 Å². The van der Waals surface area contributed by atoms with Gasteiger partial charge in [0.1, 0.15) is 0 Å². The molecule has 0 aromatic heterocycles. The molecule has 0 atom stereocenters. The summed E-state index contributed by atoms with van der Waals surface area (Å²) in [6.07, 6.45) is 4.24. The van der Waals surface area contributed by atoms with E-state index in [4.69, 9.17) is 11.6 Å². The number of hydrogen-bond acceptors (Lipinski definition) is 1. The topological polar surface area (TPSA) is 41.1 Å². The van der Waals surface area contributed by atoms with Crippen molar-refractivity contribution in [2.75, 3.05) is 6.54 Å². The molecule has 0 fully saturated rings. The monoisotopic (exact) mass is 314 g/mol. The quantitative estimate of drug-likeness (QED) is 0.854. The smallest absolute Gasteiger partial charge is 0.318 e. The van der Waals surface area contributed by atoms with Crippen LogP contribution in [0.5, 0.6) is 0 Å². The number of amides is 2. The zero-order valence-corrected chi connectivity index (χ0v) is 13.2. The van der Waals surface area contributed by atoms with E-state index in [0.29, 0.717) is 11.6 Å². The maximum absolute atomic E-state index is 11.6. The summed E-state index contributed by atoms with van der Waals surface area (Å²) < 4.78 is 0. The van der Waals surface area contributed by atoms with E-state index < -0.39 is 0 Å². The average Bonchev–Trinajstić information content (AvgIpc) is 2.49. The molecular formula is C18H19ClN2O. The Balaban J connectivity index is 1.70. The average molecular weight is 315 g/mol. The van der Waals surface area contributed by atoms with Crippen molar-refractivity contribution >= 4 is 23.7 Å². The second-order valence-corrected chi connectivity index (χ2v) is 5.46. The van der Waals surface area contributed by atoms with Crippen LogP contribution < -0.4 is 10.6 Å². The van der Waals surface area contributed by atoms with E-state index in [1.54, 1.807) is 6.20 Å². The molecule has 4 heteroatoms. The molecule has 0 saturated heterocycles. The van der Waals surface area contributed by atoms with Crippen LogP contribution in [-0.2, 0) is 6.42 Å². The third kappa shape index (κ3) is 5.62. The number of rotatable bonds is 5. The predicted octanol–water partition coefficient (Wildman–Crippen LogP) is 4.16.